The number of nitrogens with one attached hydrogen (secondary N) is 2. The maximum Gasteiger partial charge on any atom is 0.349 e. The standard InChI is InChI=1S/C20H20N4O3/c1-21-15-6-3-12(4-7-15)14-10-22-18-16-8-5-13(19(25)27-2)9-17(16)23-20(26)24(18)11-14/h3-9,14,21-22H,10-11H2,1-2H3/t14-/m0/s1. The van der Waals surface area contributed by atoms with Crippen molar-refractivity contribution in [3.63, 3.8) is 0 Å². The number of aromatic nitrogens is 2. The summed E-state index contributed by atoms with van der Waals surface area (Å²) in [5.74, 6) is 0.466. The van der Waals surface area contributed by atoms with E-state index >= 15 is 0 Å². The molecule has 27 heavy (non-hydrogen) atoms. The molecule has 7 heteroatoms. The molecule has 138 valence electrons. The van der Waals surface area contributed by atoms with Crippen LogP contribution < -0.4 is 16.3 Å². The summed E-state index contributed by atoms with van der Waals surface area (Å²) in [5, 5.41) is 7.29. The fraction of sp³-hybridized carbons (Fsp3) is 0.250. The van der Waals surface area contributed by atoms with E-state index in [0.29, 0.717) is 17.6 Å². The largest absolute Gasteiger partial charge is 0.465 e. The number of methoxy groups -OCH3 is 1. The van der Waals surface area contributed by atoms with Gasteiger partial charge in [0.25, 0.3) is 0 Å². The summed E-state index contributed by atoms with van der Waals surface area (Å²) in [7, 11) is 3.21. The highest BCUT2D eigenvalue weighted by atomic mass is 16.5. The Morgan fingerprint density at radius 2 is 2.04 bits per heavy atom. The average molecular weight is 364 g/mol. The lowest BCUT2D eigenvalue weighted by Gasteiger charge is -2.28. The van der Waals surface area contributed by atoms with Crippen LogP contribution in [0.4, 0.5) is 11.5 Å². The molecule has 2 aromatic carbocycles. The van der Waals surface area contributed by atoms with Crippen LogP contribution in [0.3, 0.4) is 0 Å². The molecule has 1 atom stereocenters. The van der Waals surface area contributed by atoms with E-state index in [1.165, 1.54) is 12.7 Å². The summed E-state index contributed by atoms with van der Waals surface area (Å²) in [6, 6.07) is 13.3. The minimum Gasteiger partial charge on any atom is -0.465 e. The van der Waals surface area contributed by atoms with E-state index in [1.807, 2.05) is 19.2 Å². The number of fused-ring (bicyclic) bond motifs is 3. The number of anilines is 2. The maximum atomic E-state index is 12.6. The summed E-state index contributed by atoms with van der Waals surface area (Å²) in [6.45, 7) is 1.28. The number of benzene rings is 2. The second-order valence-corrected chi connectivity index (χ2v) is 6.53. The predicted molar refractivity (Wildman–Crippen MR) is 105 cm³/mol. The molecule has 0 saturated heterocycles. The van der Waals surface area contributed by atoms with Gasteiger partial charge in [0, 0.05) is 37.1 Å². The minimum atomic E-state index is -0.449. The Morgan fingerprint density at radius 3 is 2.74 bits per heavy atom. The van der Waals surface area contributed by atoms with Crippen molar-refractivity contribution in [3.05, 3.63) is 64.1 Å². The first kappa shape index (κ1) is 17.1. The van der Waals surface area contributed by atoms with Gasteiger partial charge in [-0.15, -0.1) is 0 Å². The summed E-state index contributed by atoms with van der Waals surface area (Å²) < 4.78 is 6.40. The molecule has 0 aliphatic carbocycles. The third-order valence-corrected chi connectivity index (χ3v) is 4.98. The van der Waals surface area contributed by atoms with E-state index in [4.69, 9.17) is 4.74 Å². The van der Waals surface area contributed by atoms with Gasteiger partial charge in [0.2, 0.25) is 0 Å². The molecule has 0 amide bonds. The first-order chi connectivity index (χ1) is 13.1. The van der Waals surface area contributed by atoms with Crippen LogP contribution in [0.25, 0.3) is 10.9 Å². The van der Waals surface area contributed by atoms with Crippen LogP contribution in [-0.4, -0.2) is 36.2 Å². The van der Waals surface area contributed by atoms with Crippen LogP contribution in [0.5, 0.6) is 0 Å². The first-order valence-corrected chi connectivity index (χ1v) is 8.75. The smallest absolute Gasteiger partial charge is 0.349 e. The molecular formula is C20H20N4O3. The van der Waals surface area contributed by atoms with Crippen molar-refractivity contribution in [2.45, 2.75) is 12.5 Å². The summed E-state index contributed by atoms with van der Waals surface area (Å²) in [4.78, 5) is 28.5. The number of nitrogens with zero attached hydrogens (tertiary/aromatic N) is 2. The number of hydrogen-bond donors (Lipinski definition) is 2. The number of carbonyl (C=O) groups excluding carboxylic acids is 1. The molecule has 3 aromatic rings. The van der Waals surface area contributed by atoms with E-state index in [1.54, 1.807) is 22.8 Å². The van der Waals surface area contributed by atoms with Gasteiger partial charge in [-0.2, -0.15) is 4.98 Å². The van der Waals surface area contributed by atoms with Crippen LogP contribution in [0, 0.1) is 0 Å². The zero-order valence-electron chi connectivity index (χ0n) is 15.2. The second-order valence-electron chi connectivity index (χ2n) is 6.53. The van der Waals surface area contributed by atoms with Crippen LogP contribution in [0.2, 0.25) is 0 Å². The van der Waals surface area contributed by atoms with Crippen LogP contribution in [0.15, 0.2) is 47.3 Å². The topological polar surface area (TPSA) is 85.2 Å². The third kappa shape index (κ3) is 3.01. The van der Waals surface area contributed by atoms with Crippen molar-refractivity contribution < 1.29 is 9.53 Å². The van der Waals surface area contributed by atoms with E-state index < -0.39 is 5.97 Å². The number of ether oxygens (including phenoxy) is 1. The Bertz CT molecular complexity index is 1070. The molecule has 1 aliphatic heterocycles. The predicted octanol–water partition coefficient (Wildman–Crippen LogP) is 2.43. The van der Waals surface area contributed by atoms with Crippen molar-refractivity contribution in [1.29, 1.82) is 0 Å². The molecular weight excluding hydrogens is 344 g/mol. The highest BCUT2D eigenvalue weighted by Crippen LogP contribution is 2.29. The zero-order valence-corrected chi connectivity index (χ0v) is 15.2. The molecule has 2 N–H and O–H groups in total. The monoisotopic (exact) mass is 364 g/mol. The number of carbonyl (C=O) groups is 1. The Hall–Kier alpha value is -3.35. The number of rotatable bonds is 3. The number of esters is 1. The van der Waals surface area contributed by atoms with Gasteiger partial charge in [0.15, 0.2) is 0 Å². The van der Waals surface area contributed by atoms with Gasteiger partial charge < -0.3 is 15.4 Å². The Labute approximate surface area is 156 Å². The Balaban J connectivity index is 1.72. The minimum absolute atomic E-state index is 0.176. The molecule has 7 nitrogen and oxygen atoms in total. The third-order valence-electron chi connectivity index (χ3n) is 4.98. The average Bonchev–Trinajstić information content (AvgIpc) is 2.72. The van der Waals surface area contributed by atoms with Gasteiger partial charge in [0.1, 0.15) is 5.82 Å². The Kier molecular flexibility index (Phi) is 4.27. The molecule has 4 rings (SSSR count). The fourth-order valence-corrected chi connectivity index (χ4v) is 3.48. The van der Waals surface area contributed by atoms with Crippen LogP contribution in [0.1, 0.15) is 21.8 Å². The van der Waals surface area contributed by atoms with Gasteiger partial charge in [-0.25, -0.2) is 9.59 Å². The van der Waals surface area contributed by atoms with Gasteiger partial charge in [-0.1, -0.05) is 12.1 Å². The van der Waals surface area contributed by atoms with Crippen molar-refractivity contribution in [1.82, 2.24) is 9.55 Å². The van der Waals surface area contributed by atoms with Gasteiger partial charge in [0.05, 0.1) is 18.2 Å². The zero-order chi connectivity index (χ0) is 19.0. The Morgan fingerprint density at radius 1 is 1.26 bits per heavy atom. The molecule has 0 bridgehead atoms. The molecule has 2 heterocycles. The van der Waals surface area contributed by atoms with E-state index in [2.05, 4.69) is 27.8 Å². The number of hydrogen-bond acceptors (Lipinski definition) is 6. The second kappa shape index (κ2) is 6.75. The van der Waals surface area contributed by atoms with Gasteiger partial charge >= 0.3 is 11.7 Å². The summed E-state index contributed by atoms with van der Waals surface area (Å²) in [6.07, 6.45) is 0. The van der Waals surface area contributed by atoms with Crippen LogP contribution >= 0.6 is 0 Å². The molecule has 1 aliphatic rings. The normalized spacial score (nSPS) is 15.7. The lowest BCUT2D eigenvalue weighted by Crippen LogP contribution is -2.35. The molecule has 0 radical (unpaired) electrons. The van der Waals surface area contributed by atoms with Crippen molar-refractivity contribution in [3.8, 4) is 0 Å². The van der Waals surface area contributed by atoms with Gasteiger partial charge in [-0.3, -0.25) is 4.57 Å². The van der Waals surface area contributed by atoms with Crippen molar-refractivity contribution in [2.75, 3.05) is 31.3 Å². The first-order valence-electron chi connectivity index (χ1n) is 8.75. The fourth-order valence-electron chi connectivity index (χ4n) is 3.48. The molecule has 1 aromatic heterocycles. The van der Waals surface area contributed by atoms with Crippen LogP contribution in [-0.2, 0) is 11.3 Å². The molecule has 0 fully saturated rings. The quantitative estimate of drug-likeness (QED) is 0.695. The lowest BCUT2D eigenvalue weighted by molar-refractivity contribution is 0.0601. The van der Waals surface area contributed by atoms with Gasteiger partial charge in [-0.05, 0) is 35.9 Å². The van der Waals surface area contributed by atoms with E-state index in [-0.39, 0.29) is 11.6 Å². The maximum absolute atomic E-state index is 12.6. The summed E-state index contributed by atoms with van der Waals surface area (Å²) >= 11 is 0. The van der Waals surface area contributed by atoms with Crippen molar-refractivity contribution in [2.24, 2.45) is 0 Å². The molecule has 0 unspecified atom stereocenters. The SMILES string of the molecule is CNc1ccc([C@H]2CNc3c4ccc(C(=O)OC)cc4nc(=O)n3C2)cc1. The summed E-state index contributed by atoms with van der Waals surface area (Å²) in [5.41, 5.74) is 2.75. The van der Waals surface area contributed by atoms with E-state index in [0.717, 1.165) is 23.4 Å². The molecule has 0 saturated carbocycles. The highest BCUT2D eigenvalue weighted by Gasteiger charge is 2.23. The molecule has 0 spiro atoms. The van der Waals surface area contributed by atoms with E-state index in [9.17, 15) is 9.59 Å². The van der Waals surface area contributed by atoms with Crippen molar-refractivity contribution >= 4 is 28.4 Å². The lowest BCUT2D eigenvalue weighted by atomic mass is 9.96. The highest BCUT2D eigenvalue weighted by molar-refractivity contribution is 5.97.